The van der Waals surface area contributed by atoms with Crippen LogP contribution in [0.15, 0.2) is 34.7 Å². The van der Waals surface area contributed by atoms with Gasteiger partial charge in [0.15, 0.2) is 4.34 Å². The van der Waals surface area contributed by atoms with Gasteiger partial charge in [0.25, 0.3) is 5.69 Å². The summed E-state index contributed by atoms with van der Waals surface area (Å²) in [5, 5.41) is 21.2. The lowest BCUT2D eigenvalue weighted by Gasteiger charge is -1.95. The molecule has 0 atom stereocenters. The lowest BCUT2D eigenvalue weighted by Crippen LogP contribution is -2.07. The first-order valence-electron chi connectivity index (χ1n) is 5.69. The molecule has 7 nitrogen and oxygen atoms in total. The number of anilines is 1. The summed E-state index contributed by atoms with van der Waals surface area (Å²) < 4.78 is 0.768. The van der Waals surface area contributed by atoms with Crippen LogP contribution in [0.2, 0.25) is 0 Å². The van der Waals surface area contributed by atoms with Crippen molar-refractivity contribution < 1.29 is 9.72 Å². The Morgan fingerprint density at radius 3 is 2.67 bits per heavy atom. The number of nitrogens with one attached hydrogen (secondary N) is 1. The van der Waals surface area contributed by atoms with Crippen LogP contribution in [-0.2, 0) is 4.79 Å². The molecule has 9 heteroatoms. The van der Waals surface area contributed by atoms with Gasteiger partial charge in [0.1, 0.15) is 0 Å². The molecule has 0 fully saturated rings. The fourth-order valence-electron chi connectivity index (χ4n) is 1.37. The van der Waals surface area contributed by atoms with E-state index in [-0.39, 0.29) is 11.6 Å². The minimum atomic E-state index is -0.473. The Morgan fingerprint density at radius 1 is 1.38 bits per heavy atom. The molecule has 0 aliphatic rings. The maximum absolute atomic E-state index is 11.7. The van der Waals surface area contributed by atoms with Gasteiger partial charge in [-0.25, -0.2) is 0 Å². The van der Waals surface area contributed by atoms with Gasteiger partial charge in [-0.15, -0.1) is 10.2 Å². The SMILES string of the molecule is CSc1nnc(NC(=O)/C=C/c2ccc([N+](=O)[O-])cc2)s1. The van der Waals surface area contributed by atoms with E-state index in [4.69, 9.17) is 0 Å². The Hall–Kier alpha value is -2.26. The molecule has 1 aromatic heterocycles. The third kappa shape index (κ3) is 4.36. The third-order valence-corrected chi connectivity index (χ3v) is 4.16. The number of aromatic nitrogens is 2. The number of hydrogen-bond donors (Lipinski definition) is 1. The summed E-state index contributed by atoms with van der Waals surface area (Å²) >= 11 is 2.74. The first-order chi connectivity index (χ1) is 10.1. The van der Waals surface area contributed by atoms with E-state index in [1.807, 2.05) is 6.26 Å². The van der Waals surface area contributed by atoms with E-state index in [1.54, 1.807) is 18.2 Å². The molecular formula is C12H10N4O3S2. The molecule has 0 saturated carbocycles. The number of rotatable bonds is 5. The number of non-ortho nitro benzene ring substituents is 1. The zero-order chi connectivity index (χ0) is 15.2. The van der Waals surface area contributed by atoms with E-state index in [2.05, 4.69) is 15.5 Å². The van der Waals surface area contributed by atoms with E-state index in [0.717, 1.165) is 4.34 Å². The highest BCUT2D eigenvalue weighted by atomic mass is 32.2. The van der Waals surface area contributed by atoms with Crippen molar-refractivity contribution in [2.45, 2.75) is 4.34 Å². The van der Waals surface area contributed by atoms with Crippen molar-refractivity contribution in [2.24, 2.45) is 0 Å². The first-order valence-corrected chi connectivity index (χ1v) is 7.73. The number of amides is 1. The number of thioether (sulfide) groups is 1. The van der Waals surface area contributed by atoms with Crippen LogP contribution in [0, 0.1) is 10.1 Å². The van der Waals surface area contributed by atoms with Crippen molar-refractivity contribution in [2.75, 3.05) is 11.6 Å². The van der Waals surface area contributed by atoms with Gasteiger partial charge in [-0.05, 0) is 30.0 Å². The number of carbonyl (C=O) groups excluding carboxylic acids is 1. The number of nitro benzene ring substituents is 1. The Kier molecular flexibility index (Phi) is 5.01. The zero-order valence-electron chi connectivity index (χ0n) is 10.8. The topological polar surface area (TPSA) is 98.0 Å². The molecule has 2 rings (SSSR count). The number of nitrogens with zero attached hydrogens (tertiary/aromatic N) is 3. The smallest absolute Gasteiger partial charge is 0.269 e. The third-order valence-electron chi connectivity index (χ3n) is 2.34. The summed E-state index contributed by atoms with van der Waals surface area (Å²) in [5.41, 5.74) is 0.702. The van der Waals surface area contributed by atoms with Crippen molar-refractivity contribution >= 4 is 45.9 Å². The Bertz CT molecular complexity index is 682. The minimum Gasteiger partial charge on any atom is -0.297 e. The summed E-state index contributed by atoms with van der Waals surface area (Å²) in [7, 11) is 0. The van der Waals surface area contributed by atoms with Gasteiger partial charge >= 0.3 is 0 Å². The molecule has 0 spiro atoms. The van der Waals surface area contributed by atoms with Crippen LogP contribution in [0.3, 0.4) is 0 Å². The van der Waals surface area contributed by atoms with Gasteiger partial charge in [0.2, 0.25) is 11.0 Å². The van der Waals surface area contributed by atoms with E-state index >= 15 is 0 Å². The van der Waals surface area contributed by atoms with Crippen molar-refractivity contribution in [1.29, 1.82) is 0 Å². The highest BCUT2D eigenvalue weighted by Crippen LogP contribution is 2.23. The predicted molar refractivity (Wildman–Crippen MR) is 82.5 cm³/mol. The summed E-state index contributed by atoms with van der Waals surface area (Å²) in [5.74, 6) is -0.336. The molecule has 108 valence electrons. The Morgan fingerprint density at radius 2 is 2.10 bits per heavy atom. The standard InChI is InChI=1S/C12H10N4O3S2/c1-20-12-15-14-11(21-12)13-10(17)7-4-8-2-5-9(6-3-8)16(18)19/h2-7H,1H3,(H,13,14,17)/b7-4+. The maximum Gasteiger partial charge on any atom is 0.269 e. The molecule has 1 N–H and O–H groups in total. The fraction of sp³-hybridized carbons (Fsp3) is 0.0833. The van der Waals surface area contributed by atoms with Gasteiger partial charge < -0.3 is 0 Å². The van der Waals surface area contributed by atoms with Crippen LogP contribution in [-0.4, -0.2) is 27.3 Å². The highest BCUT2D eigenvalue weighted by Gasteiger charge is 2.05. The molecule has 0 aliphatic carbocycles. The molecule has 0 aliphatic heterocycles. The molecule has 1 heterocycles. The summed E-state index contributed by atoms with van der Waals surface area (Å²) in [4.78, 5) is 21.7. The van der Waals surface area contributed by atoms with E-state index in [1.165, 1.54) is 41.3 Å². The fourth-order valence-corrected chi connectivity index (χ4v) is 2.54. The van der Waals surface area contributed by atoms with E-state index in [0.29, 0.717) is 10.7 Å². The van der Waals surface area contributed by atoms with Crippen molar-refractivity contribution in [3.8, 4) is 0 Å². The van der Waals surface area contributed by atoms with Crippen molar-refractivity contribution in [1.82, 2.24) is 10.2 Å². The van der Waals surface area contributed by atoms with E-state index in [9.17, 15) is 14.9 Å². The van der Waals surface area contributed by atoms with Crippen LogP contribution in [0.25, 0.3) is 6.08 Å². The van der Waals surface area contributed by atoms with Crippen molar-refractivity contribution in [3.63, 3.8) is 0 Å². The molecule has 21 heavy (non-hydrogen) atoms. The minimum absolute atomic E-state index is 0.00931. The Labute approximate surface area is 128 Å². The molecule has 2 aromatic rings. The number of carbonyl (C=O) groups is 1. The van der Waals surface area contributed by atoms with Gasteiger partial charge in [0, 0.05) is 18.2 Å². The van der Waals surface area contributed by atoms with Gasteiger partial charge in [-0.2, -0.15) is 0 Å². The molecule has 0 saturated heterocycles. The summed E-state index contributed by atoms with van der Waals surface area (Å²) in [6, 6.07) is 5.90. The van der Waals surface area contributed by atoms with Crippen LogP contribution in [0.1, 0.15) is 5.56 Å². The zero-order valence-corrected chi connectivity index (χ0v) is 12.5. The summed E-state index contributed by atoms with van der Waals surface area (Å²) in [6.45, 7) is 0. The van der Waals surface area contributed by atoms with Gasteiger partial charge in [0.05, 0.1) is 4.92 Å². The average Bonchev–Trinajstić information content (AvgIpc) is 2.93. The number of hydrogen-bond acceptors (Lipinski definition) is 7. The second-order valence-corrected chi connectivity index (χ2v) is 5.78. The quantitative estimate of drug-likeness (QED) is 0.299. The van der Waals surface area contributed by atoms with Crippen molar-refractivity contribution in [3.05, 3.63) is 46.0 Å². The monoisotopic (exact) mass is 322 g/mol. The first kappa shape index (κ1) is 15.1. The van der Waals surface area contributed by atoms with Gasteiger partial charge in [-0.3, -0.25) is 20.2 Å². The lowest BCUT2D eigenvalue weighted by molar-refractivity contribution is -0.384. The van der Waals surface area contributed by atoms with Crippen LogP contribution >= 0.6 is 23.1 Å². The Balaban J connectivity index is 1.96. The average molecular weight is 322 g/mol. The normalized spacial score (nSPS) is 10.7. The van der Waals surface area contributed by atoms with Crippen LogP contribution < -0.4 is 5.32 Å². The largest absolute Gasteiger partial charge is 0.297 e. The molecular weight excluding hydrogens is 312 g/mol. The second-order valence-electron chi connectivity index (χ2n) is 3.75. The van der Waals surface area contributed by atoms with Crippen LogP contribution in [0.4, 0.5) is 10.8 Å². The maximum atomic E-state index is 11.7. The highest BCUT2D eigenvalue weighted by molar-refractivity contribution is 8.00. The number of nitro groups is 1. The number of benzene rings is 1. The van der Waals surface area contributed by atoms with Gasteiger partial charge in [-0.1, -0.05) is 23.1 Å². The molecule has 0 bridgehead atoms. The molecule has 0 radical (unpaired) electrons. The molecule has 1 amide bonds. The van der Waals surface area contributed by atoms with E-state index < -0.39 is 4.92 Å². The molecule has 1 aromatic carbocycles. The lowest BCUT2D eigenvalue weighted by atomic mass is 10.2. The van der Waals surface area contributed by atoms with Crippen LogP contribution in [0.5, 0.6) is 0 Å². The summed E-state index contributed by atoms with van der Waals surface area (Å²) in [6.07, 6.45) is 4.78. The molecule has 0 unspecified atom stereocenters. The predicted octanol–water partition coefficient (Wildman–Crippen LogP) is 2.82. The second kappa shape index (κ2) is 6.95.